The highest BCUT2D eigenvalue weighted by atomic mass is 28.3. The van der Waals surface area contributed by atoms with Crippen LogP contribution in [0.4, 0.5) is 0 Å². The van der Waals surface area contributed by atoms with Crippen molar-refractivity contribution in [1.29, 1.82) is 0 Å². The average Bonchev–Trinajstić information content (AvgIpc) is 3.31. The van der Waals surface area contributed by atoms with Crippen LogP contribution in [0.1, 0.15) is 26.5 Å². The molecule has 37 heavy (non-hydrogen) atoms. The van der Waals surface area contributed by atoms with E-state index in [1.165, 1.54) is 0 Å². The van der Waals surface area contributed by atoms with Crippen LogP contribution in [0.15, 0.2) is 36.7 Å². The maximum Gasteiger partial charge on any atom is 0.312 e. The molecule has 0 spiro atoms. The number of esters is 1. The molecule has 198 valence electrons. The Hall–Kier alpha value is -3.17. The third-order valence-electron chi connectivity index (χ3n) is 6.08. The van der Waals surface area contributed by atoms with Crippen molar-refractivity contribution in [3.63, 3.8) is 0 Å². The first-order valence-electron chi connectivity index (χ1n) is 12.6. The van der Waals surface area contributed by atoms with E-state index in [9.17, 15) is 4.79 Å². The van der Waals surface area contributed by atoms with Gasteiger partial charge in [-0.1, -0.05) is 19.6 Å². The Labute approximate surface area is 219 Å². The molecule has 3 heterocycles. The van der Waals surface area contributed by atoms with Crippen molar-refractivity contribution in [2.75, 3.05) is 13.7 Å². The Balaban J connectivity index is 1.76. The van der Waals surface area contributed by atoms with Gasteiger partial charge in [0.2, 0.25) is 0 Å². The number of fused-ring (bicyclic) bond motifs is 2. The molecule has 0 saturated heterocycles. The van der Waals surface area contributed by atoms with Crippen molar-refractivity contribution in [2.45, 2.75) is 65.2 Å². The van der Waals surface area contributed by atoms with Crippen LogP contribution in [0.25, 0.3) is 33.3 Å². The summed E-state index contributed by atoms with van der Waals surface area (Å²) < 4.78 is 21.3. The molecule has 3 aromatic heterocycles. The number of methoxy groups -OCH3 is 1. The average molecular weight is 523 g/mol. The van der Waals surface area contributed by atoms with E-state index >= 15 is 0 Å². The lowest BCUT2D eigenvalue weighted by Gasteiger charge is -2.19. The second-order valence-electron chi connectivity index (χ2n) is 11.7. The van der Waals surface area contributed by atoms with Crippen molar-refractivity contribution >= 4 is 36.1 Å². The van der Waals surface area contributed by atoms with Gasteiger partial charge in [0.05, 0.1) is 31.1 Å². The minimum atomic E-state index is -1.22. The predicted molar refractivity (Wildman–Crippen MR) is 150 cm³/mol. The van der Waals surface area contributed by atoms with Gasteiger partial charge in [-0.05, 0) is 51.1 Å². The molecule has 0 unspecified atom stereocenters. The SMILES string of the molecule is COc1ccc2c(c1)c(-c1cc3nc(CC(=O)OC(C)(C)C)cnc3n1COCC[Si](C)(C)C)cn2C. The van der Waals surface area contributed by atoms with Crippen LogP contribution < -0.4 is 4.74 Å². The molecule has 0 bridgehead atoms. The van der Waals surface area contributed by atoms with Gasteiger partial charge in [0.1, 0.15) is 23.6 Å². The number of hydrogen-bond acceptors (Lipinski definition) is 6. The molecule has 4 aromatic rings. The van der Waals surface area contributed by atoms with E-state index < -0.39 is 13.7 Å². The zero-order chi connectivity index (χ0) is 27.0. The van der Waals surface area contributed by atoms with Gasteiger partial charge in [0, 0.05) is 44.4 Å². The maximum absolute atomic E-state index is 12.4. The van der Waals surface area contributed by atoms with Gasteiger partial charge in [-0.25, -0.2) is 9.97 Å². The zero-order valence-corrected chi connectivity index (χ0v) is 24.2. The van der Waals surface area contributed by atoms with Crippen LogP contribution in [-0.2, 0) is 34.5 Å². The van der Waals surface area contributed by atoms with Gasteiger partial charge in [0.25, 0.3) is 0 Å². The fourth-order valence-electron chi connectivity index (χ4n) is 4.26. The van der Waals surface area contributed by atoms with Gasteiger partial charge >= 0.3 is 5.97 Å². The lowest BCUT2D eigenvalue weighted by molar-refractivity contribution is -0.154. The van der Waals surface area contributed by atoms with Gasteiger partial charge < -0.3 is 18.8 Å². The number of benzene rings is 1. The lowest BCUT2D eigenvalue weighted by Crippen LogP contribution is -2.25. The quantitative estimate of drug-likeness (QED) is 0.157. The van der Waals surface area contributed by atoms with E-state index in [4.69, 9.17) is 24.2 Å². The minimum absolute atomic E-state index is 0.0684. The van der Waals surface area contributed by atoms with E-state index in [2.05, 4.69) is 41.0 Å². The van der Waals surface area contributed by atoms with Crippen molar-refractivity contribution in [1.82, 2.24) is 19.1 Å². The summed E-state index contributed by atoms with van der Waals surface area (Å²) in [7, 11) is 2.49. The monoisotopic (exact) mass is 522 g/mol. The van der Waals surface area contributed by atoms with Gasteiger partial charge in [0.15, 0.2) is 5.65 Å². The number of hydrogen-bond donors (Lipinski definition) is 0. The lowest BCUT2D eigenvalue weighted by atomic mass is 10.1. The molecule has 0 aliphatic rings. The Morgan fingerprint density at radius 1 is 1.14 bits per heavy atom. The number of ether oxygens (including phenoxy) is 3. The third kappa shape index (κ3) is 6.40. The second-order valence-corrected chi connectivity index (χ2v) is 17.3. The normalized spacial score (nSPS) is 12.4. The maximum atomic E-state index is 12.4. The summed E-state index contributed by atoms with van der Waals surface area (Å²) in [5.41, 5.74) is 4.55. The number of aryl methyl sites for hydroxylation is 1. The molecule has 9 heteroatoms. The highest BCUT2D eigenvalue weighted by Gasteiger charge is 2.21. The molecule has 0 N–H and O–H groups in total. The topological polar surface area (TPSA) is 80.4 Å². The van der Waals surface area contributed by atoms with Crippen LogP contribution >= 0.6 is 0 Å². The van der Waals surface area contributed by atoms with Crippen LogP contribution in [0.2, 0.25) is 25.7 Å². The number of carbonyl (C=O) groups excluding carboxylic acids is 1. The summed E-state index contributed by atoms with van der Waals surface area (Å²) >= 11 is 0. The van der Waals surface area contributed by atoms with E-state index in [1.54, 1.807) is 13.3 Å². The summed E-state index contributed by atoms with van der Waals surface area (Å²) in [5.74, 6) is 0.474. The molecule has 0 aliphatic heterocycles. The highest BCUT2D eigenvalue weighted by molar-refractivity contribution is 6.76. The largest absolute Gasteiger partial charge is 0.497 e. The van der Waals surface area contributed by atoms with Crippen molar-refractivity contribution < 1.29 is 19.0 Å². The molecule has 0 radical (unpaired) electrons. The Morgan fingerprint density at radius 3 is 2.57 bits per heavy atom. The van der Waals surface area contributed by atoms with Crippen LogP contribution in [0, 0.1) is 0 Å². The molecular formula is C28H38N4O4Si. The first-order chi connectivity index (χ1) is 17.3. The van der Waals surface area contributed by atoms with Crippen molar-refractivity contribution in [3.8, 4) is 17.0 Å². The molecule has 8 nitrogen and oxygen atoms in total. The molecule has 1 aromatic carbocycles. The number of aromatic nitrogens is 4. The van der Waals surface area contributed by atoms with E-state index in [0.29, 0.717) is 24.5 Å². The van der Waals surface area contributed by atoms with E-state index in [0.717, 1.165) is 39.6 Å². The van der Waals surface area contributed by atoms with Gasteiger partial charge in [-0.3, -0.25) is 9.36 Å². The van der Waals surface area contributed by atoms with Crippen LogP contribution in [-0.4, -0.2) is 52.5 Å². The minimum Gasteiger partial charge on any atom is -0.497 e. The Kier molecular flexibility index (Phi) is 7.48. The first kappa shape index (κ1) is 26.9. The molecular weight excluding hydrogens is 484 g/mol. The van der Waals surface area contributed by atoms with Crippen LogP contribution in [0.3, 0.4) is 0 Å². The van der Waals surface area contributed by atoms with Crippen molar-refractivity contribution in [2.24, 2.45) is 7.05 Å². The molecule has 0 atom stereocenters. The van der Waals surface area contributed by atoms with Gasteiger partial charge in [-0.15, -0.1) is 0 Å². The number of rotatable bonds is 9. The summed E-state index contributed by atoms with van der Waals surface area (Å²) in [4.78, 5) is 21.9. The Morgan fingerprint density at radius 2 is 1.89 bits per heavy atom. The first-order valence-corrected chi connectivity index (χ1v) is 16.3. The Bertz CT molecular complexity index is 1430. The van der Waals surface area contributed by atoms with E-state index in [1.807, 2.05) is 46.0 Å². The summed E-state index contributed by atoms with van der Waals surface area (Å²) in [6.45, 7) is 13.6. The summed E-state index contributed by atoms with van der Waals surface area (Å²) in [6.07, 6.45) is 3.83. The molecule has 0 saturated carbocycles. The predicted octanol–water partition coefficient (Wildman–Crippen LogP) is 5.80. The van der Waals surface area contributed by atoms with Gasteiger partial charge in [-0.2, -0.15) is 0 Å². The fraction of sp³-hybridized carbons (Fsp3) is 0.464. The van der Waals surface area contributed by atoms with Crippen LogP contribution in [0.5, 0.6) is 5.75 Å². The standard InChI is InChI=1S/C28H38N4O4Si/c1-28(2,3)36-26(33)13-19-16-29-27-23(30-19)15-25(32(27)18-35-11-12-37(6,7)8)22-17-31(4)24-10-9-20(34-5)14-21(22)24/h9-10,14-17H,11-13,18H2,1-8H3. The zero-order valence-electron chi connectivity index (χ0n) is 23.2. The highest BCUT2D eigenvalue weighted by Crippen LogP contribution is 2.35. The third-order valence-corrected chi connectivity index (χ3v) is 7.79. The van der Waals surface area contributed by atoms with E-state index in [-0.39, 0.29) is 12.4 Å². The van der Waals surface area contributed by atoms with Crippen molar-refractivity contribution in [3.05, 3.63) is 42.4 Å². The molecule has 4 rings (SSSR count). The molecule has 0 fully saturated rings. The number of carbonyl (C=O) groups is 1. The second kappa shape index (κ2) is 10.3. The smallest absolute Gasteiger partial charge is 0.312 e. The molecule has 0 amide bonds. The fourth-order valence-corrected chi connectivity index (χ4v) is 5.02. The number of nitrogens with zero attached hydrogens (tertiary/aromatic N) is 4. The molecule has 0 aliphatic carbocycles. The summed E-state index contributed by atoms with van der Waals surface area (Å²) in [5, 5.41) is 1.07. The summed E-state index contributed by atoms with van der Waals surface area (Å²) in [6, 6.07) is 9.18.